The zero-order valence-corrected chi connectivity index (χ0v) is 8.77. The van der Waals surface area contributed by atoms with Crippen molar-refractivity contribution < 1.29 is 29.5 Å². The minimum Gasteiger partial charge on any atom is -0.478 e. The third-order valence-electron chi connectivity index (χ3n) is 1.74. The molecule has 1 aromatic carbocycles. The van der Waals surface area contributed by atoms with Gasteiger partial charge in [0.1, 0.15) is 5.75 Å². The fraction of sp³-hybridized carbons (Fsp3) is 0. The van der Waals surface area contributed by atoms with Gasteiger partial charge in [-0.15, -0.1) is 0 Å². The monoisotopic (exact) mass is 253 g/mol. The highest BCUT2D eigenvalue weighted by Crippen LogP contribution is 2.19. The third kappa shape index (κ3) is 3.59. The molecule has 0 aliphatic carbocycles. The van der Waals surface area contributed by atoms with Gasteiger partial charge < -0.3 is 14.9 Å². The molecule has 94 valence electrons. The Kier molecular flexibility index (Phi) is 3.98. The molecule has 0 radical (unpaired) electrons. The average molecular weight is 253 g/mol. The lowest BCUT2D eigenvalue weighted by Gasteiger charge is -2.04. The smallest absolute Gasteiger partial charge is 0.372 e. The van der Waals surface area contributed by atoms with E-state index in [1.54, 1.807) is 0 Å². The average Bonchev–Trinajstić information content (AvgIpc) is 2.28. The summed E-state index contributed by atoms with van der Waals surface area (Å²) in [6, 6.07) is 4.54. The number of nitro groups is 1. The number of benzene rings is 1. The van der Waals surface area contributed by atoms with Crippen LogP contribution in [0.5, 0.6) is 5.75 Å². The van der Waals surface area contributed by atoms with Gasteiger partial charge in [-0.1, -0.05) is 0 Å². The summed E-state index contributed by atoms with van der Waals surface area (Å²) in [5, 5.41) is 27.4. The van der Waals surface area contributed by atoms with Gasteiger partial charge in [0.25, 0.3) is 5.69 Å². The zero-order chi connectivity index (χ0) is 13.7. The van der Waals surface area contributed by atoms with Gasteiger partial charge in [0.05, 0.1) is 11.0 Å². The van der Waals surface area contributed by atoms with E-state index in [1.165, 1.54) is 0 Å². The number of ether oxygens (including phenoxy) is 1. The number of carboxylic acid groups (broad SMARTS) is 2. The van der Waals surface area contributed by atoms with Gasteiger partial charge in [-0.3, -0.25) is 10.1 Å². The lowest BCUT2D eigenvalue weighted by Crippen LogP contribution is -2.10. The normalized spacial score (nSPS) is 10.8. The zero-order valence-electron chi connectivity index (χ0n) is 8.77. The van der Waals surface area contributed by atoms with Crippen LogP contribution in [0.25, 0.3) is 0 Å². The van der Waals surface area contributed by atoms with Crippen LogP contribution in [0.15, 0.2) is 36.1 Å². The molecule has 8 heteroatoms. The van der Waals surface area contributed by atoms with Crippen molar-refractivity contribution in [1.82, 2.24) is 0 Å². The summed E-state index contributed by atoms with van der Waals surface area (Å²) in [5.74, 6) is -3.85. The highest BCUT2D eigenvalue weighted by molar-refractivity contribution is 5.93. The Balaban J connectivity index is 2.92. The number of carbonyl (C=O) groups is 2. The van der Waals surface area contributed by atoms with E-state index in [0.717, 1.165) is 24.3 Å². The largest absolute Gasteiger partial charge is 0.478 e. The molecule has 18 heavy (non-hydrogen) atoms. The first kappa shape index (κ1) is 13.2. The third-order valence-corrected chi connectivity index (χ3v) is 1.74. The second kappa shape index (κ2) is 5.43. The maximum atomic E-state index is 10.6. The number of hydrogen-bond donors (Lipinski definition) is 2. The highest BCUT2D eigenvalue weighted by Gasteiger charge is 2.13. The number of carboxylic acids is 2. The van der Waals surface area contributed by atoms with E-state index < -0.39 is 22.6 Å². The maximum absolute atomic E-state index is 10.6. The number of non-ortho nitro benzene ring substituents is 1. The Bertz CT molecular complexity index is 518. The molecule has 0 amide bonds. The lowest BCUT2D eigenvalue weighted by molar-refractivity contribution is -0.384. The van der Waals surface area contributed by atoms with Crippen LogP contribution in [0, 0.1) is 10.1 Å². The van der Waals surface area contributed by atoms with E-state index in [-0.39, 0.29) is 11.4 Å². The SMILES string of the molecule is O=C(O)/C=C(\Oc1ccc([N+](=O)[O-])cc1)C(=O)O. The van der Waals surface area contributed by atoms with Crippen molar-refractivity contribution in [2.24, 2.45) is 0 Å². The molecule has 0 atom stereocenters. The van der Waals surface area contributed by atoms with Gasteiger partial charge in [0.15, 0.2) is 0 Å². The van der Waals surface area contributed by atoms with Crippen molar-refractivity contribution >= 4 is 17.6 Å². The number of hydrogen-bond acceptors (Lipinski definition) is 5. The molecule has 0 saturated heterocycles. The summed E-state index contributed by atoms with van der Waals surface area (Å²) in [6.07, 6.45) is 0.379. The molecule has 2 N–H and O–H groups in total. The first-order valence-corrected chi connectivity index (χ1v) is 4.50. The number of nitro benzene ring substituents is 1. The maximum Gasteiger partial charge on any atom is 0.372 e. The molecule has 0 aromatic heterocycles. The molecule has 8 nitrogen and oxygen atoms in total. The minimum absolute atomic E-state index is 0.0181. The molecule has 0 saturated carbocycles. The molecule has 0 spiro atoms. The summed E-state index contributed by atoms with van der Waals surface area (Å²) in [6.45, 7) is 0. The van der Waals surface area contributed by atoms with Crippen molar-refractivity contribution in [2.45, 2.75) is 0 Å². The Morgan fingerprint density at radius 3 is 2.17 bits per heavy atom. The van der Waals surface area contributed by atoms with Crippen LogP contribution >= 0.6 is 0 Å². The number of rotatable bonds is 5. The Hall–Kier alpha value is -2.90. The van der Waals surface area contributed by atoms with Crippen LogP contribution in [-0.2, 0) is 9.59 Å². The summed E-state index contributed by atoms with van der Waals surface area (Å²) in [7, 11) is 0. The first-order chi connectivity index (χ1) is 8.40. The molecule has 1 rings (SSSR count). The standard InChI is InChI=1S/C10H7NO7/c12-9(13)5-8(10(14)15)18-7-3-1-6(2-4-7)11(16)17/h1-5H,(H,12,13)(H,14,15)/b8-5-. The molecule has 1 aromatic rings. The molecule has 0 aliphatic heterocycles. The minimum atomic E-state index is -1.56. The van der Waals surface area contributed by atoms with Gasteiger partial charge >= 0.3 is 11.9 Å². The summed E-state index contributed by atoms with van der Waals surface area (Å²) in [4.78, 5) is 30.7. The van der Waals surface area contributed by atoms with E-state index in [9.17, 15) is 19.7 Å². The predicted molar refractivity (Wildman–Crippen MR) is 57.1 cm³/mol. The summed E-state index contributed by atoms with van der Waals surface area (Å²) < 4.78 is 4.78. The second-order valence-electron chi connectivity index (χ2n) is 3.01. The van der Waals surface area contributed by atoms with Crippen molar-refractivity contribution in [1.29, 1.82) is 0 Å². The van der Waals surface area contributed by atoms with E-state index in [0.29, 0.717) is 6.08 Å². The van der Waals surface area contributed by atoms with Crippen LogP contribution in [0.2, 0.25) is 0 Å². The quantitative estimate of drug-likeness (QED) is 0.347. The Morgan fingerprint density at radius 2 is 1.78 bits per heavy atom. The fourth-order valence-electron chi connectivity index (χ4n) is 1.01. The second-order valence-corrected chi connectivity index (χ2v) is 3.01. The van der Waals surface area contributed by atoms with E-state index in [1.807, 2.05) is 0 Å². The van der Waals surface area contributed by atoms with E-state index in [2.05, 4.69) is 0 Å². The van der Waals surface area contributed by atoms with Crippen LogP contribution < -0.4 is 4.74 Å². The van der Waals surface area contributed by atoms with Gasteiger partial charge in [0, 0.05) is 12.1 Å². The molecule has 0 bridgehead atoms. The molecule has 0 heterocycles. The summed E-state index contributed by atoms with van der Waals surface area (Å²) in [5.41, 5.74) is -0.193. The molecular weight excluding hydrogens is 246 g/mol. The summed E-state index contributed by atoms with van der Waals surface area (Å²) >= 11 is 0. The van der Waals surface area contributed by atoms with Crippen molar-refractivity contribution in [3.63, 3.8) is 0 Å². The lowest BCUT2D eigenvalue weighted by atomic mass is 10.3. The van der Waals surface area contributed by atoms with Crippen LogP contribution in [0.1, 0.15) is 0 Å². The molecule has 0 unspecified atom stereocenters. The van der Waals surface area contributed by atoms with Crippen LogP contribution in [0.3, 0.4) is 0 Å². The predicted octanol–water partition coefficient (Wildman–Crippen LogP) is 1.03. The molecule has 0 aliphatic rings. The molecule has 0 fully saturated rings. The van der Waals surface area contributed by atoms with Gasteiger partial charge in [-0.25, -0.2) is 9.59 Å². The van der Waals surface area contributed by atoms with E-state index >= 15 is 0 Å². The first-order valence-electron chi connectivity index (χ1n) is 4.50. The van der Waals surface area contributed by atoms with Gasteiger partial charge in [0.2, 0.25) is 5.76 Å². The van der Waals surface area contributed by atoms with Gasteiger partial charge in [-0.2, -0.15) is 0 Å². The Morgan fingerprint density at radius 1 is 1.22 bits per heavy atom. The van der Waals surface area contributed by atoms with E-state index in [4.69, 9.17) is 14.9 Å². The Labute approximate surface area is 99.9 Å². The number of nitrogens with zero attached hydrogens (tertiary/aromatic N) is 1. The van der Waals surface area contributed by atoms with Crippen molar-refractivity contribution in [3.05, 3.63) is 46.2 Å². The fourth-order valence-corrected chi connectivity index (χ4v) is 1.01. The van der Waals surface area contributed by atoms with Crippen molar-refractivity contribution in [3.8, 4) is 5.75 Å². The highest BCUT2D eigenvalue weighted by atomic mass is 16.6. The van der Waals surface area contributed by atoms with Gasteiger partial charge in [-0.05, 0) is 12.1 Å². The topological polar surface area (TPSA) is 127 Å². The molecular formula is C10H7NO7. The van der Waals surface area contributed by atoms with Crippen LogP contribution in [0.4, 0.5) is 5.69 Å². The number of aliphatic carboxylic acids is 2. The van der Waals surface area contributed by atoms with Crippen molar-refractivity contribution in [2.75, 3.05) is 0 Å². The van der Waals surface area contributed by atoms with Crippen LogP contribution in [-0.4, -0.2) is 27.1 Å².